The minimum Gasteiger partial charge on any atom is -0.659 e. The van der Waals surface area contributed by atoms with Crippen LogP contribution in [0, 0.1) is 47.3 Å². The molecule has 3 heteroatoms. The van der Waals surface area contributed by atoms with E-state index < -0.39 is 0 Å². The Bertz CT molecular complexity index is 585. The summed E-state index contributed by atoms with van der Waals surface area (Å²) in [4.78, 5) is 15.7. The van der Waals surface area contributed by atoms with Crippen molar-refractivity contribution in [1.82, 2.24) is 0 Å². The molecule has 10 unspecified atom stereocenters. The van der Waals surface area contributed by atoms with Gasteiger partial charge in [0.05, 0.1) is 5.54 Å². The molecule has 0 radical (unpaired) electrons. The molecule has 25 heavy (non-hydrogen) atoms. The summed E-state index contributed by atoms with van der Waals surface area (Å²) in [5, 5.41) is 4.91. The molecule has 0 heterocycles. The van der Waals surface area contributed by atoms with Gasteiger partial charge in [0, 0.05) is 0 Å². The van der Waals surface area contributed by atoms with Crippen molar-refractivity contribution in [2.45, 2.75) is 77.3 Å². The first-order valence-electron chi connectivity index (χ1n) is 10.6. The van der Waals surface area contributed by atoms with Gasteiger partial charge in [-0.25, -0.2) is 4.79 Å². The van der Waals surface area contributed by atoms with E-state index in [1.165, 1.54) is 38.5 Å². The Morgan fingerprint density at radius 2 is 1.76 bits per heavy atom. The van der Waals surface area contributed by atoms with E-state index in [-0.39, 0.29) is 11.1 Å². The molecule has 0 aromatic heterocycles. The Morgan fingerprint density at radius 1 is 1.04 bits per heavy atom. The van der Waals surface area contributed by atoms with Crippen LogP contribution in [0.25, 0.3) is 5.32 Å². The van der Waals surface area contributed by atoms with Gasteiger partial charge in [0.2, 0.25) is 6.08 Å². The number of hydrogen-bond donors (Lipinski definition) is 0. The molecule has 0 spiro atoms. The molecular formula is C22H35N2O-. The lowest BCUT2D eigenvalue weighted by Crippen LogP contribution is -2.63. The summed E-state index contributed by atoms with van der Waals surface area (Å²) in [7, 11) is 2.04. The minimum absolute atomic E-state index is 0.168. The second-order valence-electron chi connectivity index (χ2n) is 10.3. The first kappa shape index (κ1) is 17.7. The van der Waals surface area contributed by atoms with E-state index in [9.17, 15) is 4.79 Å². The van der Waals surface area contributed by atoms with E-state index in [2.05, 4.69) is 32.7 Å². The van der Waals surface area contributed by atoms with Gasteiger partial charge in [-0.1, -0.05) is 46.0 Å². The average molecular weight is 344 g/mol. The molecular weight excluding hydrogens is 308 g/mol. The second kappa shape index (κ2) is 5.92. The Balaban J connectivity index is 1.77. The van der Waals surface area contributed by atoms with Gasteiger partial charge in [0.15, 0.2) is 0 Å². The maximum absolute atomic E-state index is 11.2. The van der Waals surface area contributed by atoms with Crippen LogP contribution in [0.2, 0.25) is 0 Å². The molecule has 4 rings (SSSR count). The monoisotopic (exact) mass is 343 g/mol. The van der Waals surface area contributed by atoms with Crippen LogP contribution in [0.5, 0.6) is 0 Å². The highest BCUT2D eigenvalue weighted by Gasteiger charge is 2.61. The van der Waals surface area contributed by atoms with Crippen LogP contribution in [-0.4, -0.2) is 24.2 Å². The van der Waals surface area contributed by atoms with Crippen molar-refractivity contribution in [2.24, 2.45) is 52.3 Å². The van der Waals surface area contributed by atoms with Crippen LogP contribution in [0.4, 0.5) is 0 Å². The van der Waals surface area contributed by atoms with Gasteiger partial charge in [-0.2, -0.15) is 12.0 Å². The van der Waals surface area contributed by atoms with E-state index in [4.69, 9.17) is 5.32 Å². The van der Waals surface area contributed by atoms with Gasteiger partial charge >= 0.3 is 0 Å². The lowest BCUT2D eigenvalue weighted by atomic mass is 9.40. The number of hydrogen-bond acceptors (Lipinski definition) is 2. The third-order valence-corrected chi connectivity index (χ3v) is 9.59. The molecule has 0 saturated heterocycles. The summed E-state index contributed by atoms with van der Waals surface area (Å²) in [5.41, 5.74) is -0.0304. The quantitative estimate of drug-likeness (QED) is 0.501. The molecule has 4 saturated carbocycles. The number of aliphatic imine (C=N–C) groups is 1. The van der Waals surface area contributed by atoms with Crippen LogP contribution in [-0.2, 0) is 4.79 Å². The molecule has 0 bridgehead atoms. The van der Waals surface area contributed by atoms with Crippen molar-refractivity contribution in [3.63, 3.8) is 0 Å². The number of rotatable bonds is 2. The van der Waals surface area contributed by atoms with Crippen molar-refractivity contribution in [1.29, 1.82) is 0 Å². The third kappa shape index (κ3) is 2.34. The summed E-state index contributed by atoms with van der Waals surface area (Å²) in [6.07, 6.45) is 9.68. The van der Waals surface area contributed by atoms with Gasteiger partial charge in [0.25, 0.3) is 0 Å². The molecule has 0 amide bonds. The molecule has 10 atom stereocenters. The Kier molecular flexibility index (Phi) is 4.20. The third-order valence-electron chi connectivity index (χ3n) is 9.59. The summed E-state index contributed by atoms with van der Waals surface area (Å²) >= 11 is 0. The zero-order valence-electron chi connectivity index (χ0n) is 16.7. The molecule has 4 aliphatic rings. The molecule has 4 aliphatic carbocycles. The fourth-order valence-electron chi connectivity index (χ4n) is 8.11. The topological polar surface area (TPSA) is 43.5 Å². The molecule has 0 aromatic carbocycles. The fourth-order valence-corrected chi connectivity index (χ4v) is 8.11. The first-order valence-corrected chi connectivity index (χ1v) is 10.6. The number of nitrogens with zero attached hydrogens (tertiary/aromatic N) is 2. The minimum atomic E-state index is -0.198. The highest BCUT2D eigenvalue weighted by Crippen LogP contribution is 2.66. The van der Waals surface area contributed by atoms with Crippen molar-refractivity contribution >= 4 is 6.08 Å². The van der Waals surface area contributed by atoms with Gasteiger partial charge in [-0.15, -0.1) is 5.54 Å². The summed E-state index contributed by atoms with van der Waals surface area (Å²) in [6, 6.07) is 0. The first-order chi connectivity index (χ1) is 11.9. The van der Waals surface area contributed by atoms with Gasteiger partial charge in [-0.3, -0.25) is 0 Å². The zero-order valence-corrected chi connectivity index (χ0v) is 16.7. The molecule has 140 valence electrons. The van der Waals surface area contributed by atoms with E-state index in [0.29, 0.717) is 11.8 Å². The predicted molar refractivity (Wildman–Crippen MR) is 101 cm³/mol. The van der Waals surface area contributed by atoms with E-state index in [0.717, 1.165) is 35.5 Å². The summed E-state index contributed by atoms with van der Waals surface area (Å²) in [5.74, 6) is 5.88. The molecule has 0 N–H and O–H groups in total. The van der Waals surface area contributed by atoms with E-state index >= 15 is 0 Å². The lowest BCUT2D eigenvalue weighted by molar-refractivity contribution is -0.145. The Labute approximate surface area is 153 Å². The van der Waals surface area contributed by atoms with Crippen molar-refractivity contribution in [3.05, 3.63) is 5.32 Å². The molecule has 0 aliphatic heterocycles. The highest BCUT2D eigenvalue weighted by atomic mass is 16.1. The normalized spacial score (nSPS) is 57.3. The SMILES string of the molecule is C[N-]C1(C)CCC2C(C)CC3CC(C)C(C)(N=C=O)C4CCC1C2C34. The smallest absolute Gasteiger partial charge is 0.235 e. The summed E-state index contributed by atoms with van der Waals surface area (Å²) < 4.78 is 0. The van der Waals surface area contributed by atoms with Gasteiger partial charge in [0.1, 0.15) is 0 Å². The average Bonchev–Trinajstić information content (AvgIpc) is 2.59. The highest BCUT2D eigenvalue weighted by molar-refractivity contribution is 5.36. The number of carbonyl (C=O) groups excluding carboxylic acids is 1. The fraction of sp³-hybridized carbons (Fsp3) is 0.955. The van der Waals surface area contributed by atoms with Crippen LogP contribution < -0.4 is 0 Å². The maximum atomic E-state index is 11.2. The van der Waals surface area contributed by atoms with Gasteiger partial charge in [-0.05, 0) is 67.6 Å². The lowest BCUT2D eigenvalue weighted by Gasteiger charge is -2.69. The standard InChI is InChI=1S/C22H35N2O/c1-13-10-15-11-14(2)22(4,24-12-25)18-7-6-17-20(19(15)18)16(13)8-9-21(17,3)23-5/h13-20H,6-11H2,1-5H3/q-1. The molecule has 0 aromatic rings. The molecule has 3 nitrogen and oxygen atoms in total. The Morgan fingerprint density at radius 3 is 2.44 bits per heavy atom. The van der Waals surface area contributed by atoms with E-state index in [1.807, 2.05) is 13.1 Å². The number of isocyanates is 1. The second-order valence-corrected chi connectivity index (χ2v) is 10.3. The molecule has 4 fully saturated rings. The van der Waals surface area contributed by atoms with Crippen molar-refractivity contribution < 1.29 is 4.79 Å². The van der Waals surface area contributed by atoms with Crippen molar-refractivity contribution in [2.75, 3.05) is 7.05 Å². The maximum Gasteiger partial charge on any atom is 0.235 e. The van der Waals surface area contributed by atoms with Crippen LogP contribution in [0.3, 0.4) is 0 Å². The Hall–Kier alpha value is -0.660. The predicted octanol–water partition coefficient (Wildman–Crippen LogP) is 5.21. The van der Waals surface area contributed by atoms with Crippen LogP contribution in [0.15, 0.2) is 4.99 Å². The van der Waals surface area contributed by atoms with Crippen LogP contribution in [0.1, 0.15) is 66.2 Å². The van der Waals surface area contributed by atoms with Crippen molar-refractivity contribution in [3.8, 4) is 0 Å². The van der Waals surface area contributed by atoms with Crippen LogP contribution >= 0.6 is 0 Å². The van der Waals surface area contributed by atoms with E-state index in [1.54, 1.807) is 0 Å². The largest absolute Gasteiger partial charge is 0.659 e. The van der Waals surface area contributed by atoms with Gasteiger partial charge < -0.3 is 5.32 Å². The zero-order chi connectivity index (χ0) is 18.0. The summed E-state index contributed by atoms with van der Waals surface area (Å²) in [6.45, 7) is 9.50.